The zero-order valence-electron chi connectivity index (χ0n) is 11.2. The molecule has 2 N–H and O–H groups in total. The van der Waals surface area contributed by atoms with Crippen molar-refractivity contribution in [3.05, 3.63) is 63.6 Å². The summed E-state index contributed by atoms with van der Waals surface area (Å²) in [6, 6.07) is 14.4. The number of halogens is 1. The van der Waals surface area contributed by atoms with Crippen LogP contribution < -0.4 is 5.32 Å². The minimum absolute atomic E-state index is 0.248. The monoisotopic (exact) mass is 319 g/mol. The molecule has 0 saturated carbocycles. The van der Waals surface area contributed by atoms with E-state index in [0.29, 0.717) is 12.3 Å². The molecule has 0 amide bonds. The van der Waals surface area contributed by atoms with Gasteiger partial charge < -0.3 is 10.4 Å². The summed E-state index contributed by atoms with van der Waals surface area (Å²) in [6.45, 7) is 4.86. The van der Waals surface area contributed by atoms with Crippen LogP contribution in [0.5, 0.6) is 5.75 Å². The number of para-hydroxylation sites is 1. The van der Waals surface area contributed by atoms with Crippen molar-refractivity contribution < 1.29 is 5.11 Å². The van der Waals surface area contributed by atoms with E-state index in [1.54, 1.807) is 0 Å². The Morgan fingerprint density at radius 2 is 1.95 bits per heavy atom. The van der Waals surface area contributed by atoms with Gasteiger partial charge >= 0.3 is 0 Å². The number of aryl methyl sites for hydroxylation is 1. The molecule has 0 heterocycles. The highest BCUT2D eigenvalue weighted by Gasteiger charge is 2.08. The number of rotatable bonds is 4. The Labute approximate surface area is 122 Å². The van der Waals surface area contributed by atoms with Gasteiger partial charge in [0.25, 0.3) is 0 Å². The second-order valence-corrected chi connectivity index (χ2v) is 5.62. The molecule has 0 bridgehead atoms. The van der Waals surface area contributed by atoms with Crippen molar-refractivity contribution in [3.63, 3.8) is 0 Å². The van der Waals surface area contributed by atoms with Crippen LogP contribution >= 0.6 is 15.9 Å². The van der Waals surface area contributed by atoms with Crippen LogP contribution in [0.3, 0.4) is 0 Å². The van der Waals surface area contributed by atoms with Crippen LogP contribution in [0.2, 0.25) is 0 Å². The van der Waals surface area contributed by atoms with Crippen LogP contribution in [0.15, 0.2) is 46.9 Å². The summed E-state index contributed by atoms with van der Waals surface area (Å²) in [5, 5.41) is 13.4. The van der Waals surface area contributed by atoms with Gasteiger partial charge in [0.15, 0.2) is 0 Å². The Hall–Kier alpha value is -1.32. The summed E-state index contributed by atoms with van der Waals surface area (Å²) in [4.78, 5) is 0. The van der Waals surface area contributed by atoms with Crippen LogP contribution in [0.25, 0.3) is 0 Å². The SMILES string of the molecule is Cc1cccc([C@@H](C)NCc2cccc(Br)c2O)c1. The number of hydrogen-bond donors (Lipinski definition) is 2. The van der Waals surface area contributed by atoms with Crippen LogP contribution in [-0.2, 0) is 6.54 Å². The summed E-state index contributed by atoms with van der Waals surface area (Å²) in [6.07, 6.45) is 0. The number of aromatic hydroxyl groups is 1. The molecular formula is C16H18BrNO. The van der Waals surface area contributed by atoms with Gasteiger partial charge in [-0.2, -0.15) is 0 Å². The summed E-state index contributed by atoms with van der Waals surface area (Å²) < 4.78 is 0.731. The fourth-order valence-electron chi connectivity index (χ4n) is 2.02. The molecule has 0 unspecified atom stereocenters. The van der Waals surface area contributed by atoms with Crippen LogP contribution in [0.4, 0.5) is 0 Å². The topological polar surface area (TPSA) is 32.3 Å². The summed E-state index contributed by atoms with van der Waals surface area (Å²) >= 11 is 3.33. The van der Waals surface area contributed by atoms with E-state index in [9.17, 15) is 5.11 Å². The average molecular weight is 320 g/mol. The van der Waals surface area contributed by atoms with E-state index in [1.807, 2.05) is 18.2 Å². The van der Waals surface area contributed by atoms with Crippen LogP contribution in [-0.4, -0.2) is 5.11 Å². The molecule has 0 aliphatic rings. The fraction of sp³-hybridized carbons (Fsp3) is 0.250. The maximum absolute atomic E-state index is 9.94. The summed E-state index contributed by atoms with van der Waals surface area (Å²) in [5.74, 6) is 0.312. The first-order chi connectivity index (χ1) is 9.08. The second-order valence-electron chi connectivity index (χ2n) is 4.76. The molecule has 0 aromatic heterocycles. The molecule has 0 fully saturated rings. The standard InChI is InChI=1S/C16H18BrNO/c1-11-5-3-6-13(9-11)12(2)18-10-14-7-4-8-15(17)16(14)19/h3-9,12,18-19H,10H2,1-2H3/t12-/m1/s1. The average Bonchev–Trinajstić information content (AvgIpc) is 2.40. The van der Waals surface area contributed by atoms with Gasteiger partial charge in [-0.25, -0.2) is 0 Å². The Kier molecular flexibility index (Phi) is 4.61. The molecule has 2 rings (SSSR count). The predicted octanol–water partition coefficient (Wildman–Crippen LogP) is 4.31. The van der Waals surface area contributed by atoms with Gasteiger partial charge in [0.05, 0.1) is 4.47 Å². The molecule has 0 aliphatic heterocycles. The minimum Gasteiger partial charge on any atom is -0.506 e. The maximum Gasteiger partial charge on any atom is 0.134 e. The van der Waals surface area contributed by atoms with Gasteiger partial charge in [-0.3, -0.25) is 0 Å². The zero-order chi connectivity index (χ0) is 13.8. The van der Waals surface area contributed by atoms with Gasteiger partial charge in [0, 0.05) is 18.2 Å². The minimum atomic E-state index is 0.248. The lowest BCUT2D eigenvalue weighted by molar-refractivity contribution is 0.457. The molecule has 2 aromatic carbocycles. The van der Waals surface area contributed by atoms with E-state index in [0.717, 1.165) is 10.0 Å². The highest BCUT2D eigenvalue weighted by molar-refractivity contribution is 9.10. The third kappa shape index (κ3) is 3.58. The smallest absolute Gasteiger partial charge is 0.134 e. The van der Waals surface area contributed by atoms with Gasteiger partial charge in [-0.1, -0.05) is 42.0 Å². The number of hydrogen-bond acceptors (Lipinski definition) is 2. The second kappa shape index (κ2) is 6.22. The third-order valence-electron chi connectivity index (χ3n) is 3.21. The molecule has 19 heavy (non-hydrogen) atoms. The maximum atomic E-state index is 9.94. The quantitative estimate of drug-likeness (QED) is 0.879. The highest BCUT2D eigenvalue weighted by Crippen LogP contribution is 2.27. The van der Waals surface area contributed by atoms with Crippen molar-refractivity contribution in [2.45, 2.75) is 26.4 Å². The molecule has 3 heteroatoms. The molecule has 1 atom stereocenters. The fourth-order valence-corrected chi connectivity index (χ4v) is 2.43. The lowest BCUT2D eigenvalue weighted by Gasteiger charge is -2.15. The molecule has 0 spiro atoms. The van der Waals surface area contributed by atoms with Crippen molar-refractivity contribution in [2.75, 3.05) is 0 Å². The van der Waals surface area contributed by atoms with E-state index < -0.39 is 0 Å². The number of benzene rings is 2. The van der Waals surface area contributed by atoms with Crippen LogP contribution in [0, 0.1) is 6.92 Å². The largest absolute Gasteiger partial charge is 0.506 e. The van der Waals surface area contributed by atoms with Crippen molar-refractivity contribution in [3.8, 4) is 5.75 Å². The Balaban J connectivity index is 2.04. The van der Waals surface area contributed by atoms with Crippen molar-refractivity contribution >= 4 is 15.9 Å². The molecule has 0 saturated heterocycles. The Morgan fingerprint density at radius 1 is 1.21 bits per heavy atom. The normalized spacial score (nSPS) is 12.4. The zero-order valence-corrected chi connectivity index (χ0v) is 12.7. The van der Waals surface area contributed by atoms with E-state index in [2.05, 4.69) is 59.4 Å². The van der Waals surface area contributed by atoms with Gasteiger partial charge in [0.1, 0.15) is 5.75 Å². The first-order valence-corrected chi connectivity index (χ1v) is 7.13. The van der Waals surface area contributed by atoms with E-state index in [4.69, 9.17) is 0 Å². The Bertz CT molecular complexity index is 568. The molecule has 0 radical (unpaired) electrons. The third-order valence-corrected chi connectivity index (χ3v) is 3.85. The molecule has 0 aliphatic carbocycles. The van der Waals surface area contributed by atoms with E-state index in [1.165, 1.54) is 11.1 Å². The van der Waals surface area contributed by atoms with Gasteiger partial charge in [-0.15, -0.1) is 0 Å². The molecule has 2 aromatic rings. The predicted molar refractivity (Wildman–Crippen MR) is 82.2 cm³/mol. The van der Waals surface area contributed by atoms with Crippen molar-refractivity contribution in [1.82, 2.24) is 5.32 Å². The van der Waals surface area contributed by atoms with Crippen molar-refractivity contribution in [2.24, 2.45) is 0 Å². The first-order valence-electron chi connectivity index (χ1n) is 6.34. The molecule has 100 valence electrons. The lowest BCUT2D eigenvalue weighted by Crippen LogP contribution is -2.18. The van der Waals surface area contributed by atoms with E-state index >= 15 is 0 Å². The molecular weight excluding hydrogens is 302 g/mol. The number of phenols is 1. The van der Waals surface area contributed by atoms with Gasteiger partial charge in [0.2, 0.25) is 0 Å². The van der Waals surface area contributed by atoms with E-state index in [-0.39, 0.29) is 6.04 Å². The molecule has 2 nitrogen and oxygen atoms in total. The summed E-state index contributed by atoms with van der Waals surface area (Å²) in [7, 11) is 0. The van der Waals surface area contributed by atoms with Crippen LogP contribution in [0.1, 0.15) is 29.7 Å². The number of nitrogens with one attached hydrogen (secondary N) is 1. The van der Waals surface area contributed by atoms with Gasteiger partial charge in [-0.05, 0) is 41.4 Å². The van der Waals surface area contributed by atoms with Crippen molar-refractivity contribution in [1.29, 1.82) is 0 Å². The highest BCUT2D eigenvalue weighted by atomic mass is 79.9. The Morgan fingerprint density at radius 3 is 2.68 bits per heavy atom. The number of phenolic OH excluding ortho intramolecular Hbond substituents is 1. The summed E-state index contributed by atoms with van der Waals surface area (Å²) in [5.41, 5.74) is 3.42. The lowest BCUT2D eigenvalue weighted by atomic mass is 10.1. The first kappa shape index (κ1) is 14.1.